The summed E-state index contributed by atoms with van der Waals surface area (Å²) in [5.74, 6) is 0.228. The van der Waals surface area contributed by atoms with E-state index in [2.05, 4.69) is 44.6 Å². The van der Waals surface area contributed by atoms with E-state index in [1.807, 2.05) is 7.05 Å². The number of hydrogen-bond donors (Lipinski definition) is 0. The molecule has 0 bridgehead atoms. The van der Waals surface area contributed by atoms with Crippen molar-refractivity contribution in [2.24, 2.45) is 0 Å². The first-order valence-corrected chi connectivity index (χ1v) is 16.6. The monoisotopic (exact) mass is 289 g/mol. The van der Waals surface area contributed by atoms with Crippen molar-refractivity contribution >= 4 is 29.3 Å². The van der Waals surface area contributed by atoms with Crippen molar-refractivity contribution < 1.29 is 9.22 Å². The van der Waals surface area contributed by atoms with Gasteiger partial charge in [-0.1, -0.05) is 13.1 Å². The van der Waals surface area contributed by atoms with Crippen molar-refractivity contribution in [1.82, 2.24) is 4.57 Å². The molecule has 1 heterocycles. The molecule has 1 rings (SSSR count). The largest absolute Gasteiger partial charge is 0.414 e. The minimum atomic E-state index is -1.71. The Hall–Kier alpha value is 0.0806. The van der Waals surface area contributed by atoms with E-state index in [1.54, 1.807) is 6.92 Å². The van der Waals surface area contributed by atoms with Gasteiger partial charge in [-0.25, -0.2) is 0 Å². The molecule has 0 N–H and O–H groups in total. The van der Waals surface area contributed by atoms with Crippen LogP contribution in [0.15, 0.2) is 0 Å². The second-order valence-corrected chi connectivity index (χ2v) is 30.4. The zero-order chi connectivity index (χ0) is 13.6. The van der Waals surface area contributed by atoms with Gasteiger partial charge in [-0.05, 0) is 40.0 Å². The predicted molar refractivity (Wildman–Crippen MR) is 80.5 cm³/mol. The molecule has 1 amide bonds. The Kier molecular flexibility index (Phi) is 3.85. The third-order valence-electron chi connectivity index (χ3n) is 3.70. The molecule has 0 aliphatic carbocycles. The van der Waals surface area contributed by atoms with Crippen LogP contribution >= 0.6 is 0 Å². The second-order valence-electron chi connectivity index (χ2n) is 7.16. The van der Waals surface area contributed by atoms with E-state index < -0.39 is 23.4 Å². The molecule has 0 radical (unpaired) electrons. The van der Waals surface area contributed by atoms with Gasteiger partial charge in [0.25, 0.3) is 0 Å². The quantitative estimate of drug-likeness (QED) is 0.692. The van der Waals surface area contributed by atoms with Gasteiger partial charge in [0.05, 0.1) is 7.59 Å². The summed E-state index contributed by atoms with van der Waals surface area (Å²) in [6.45, 7) is 15.7. The summed E-state index contributed by atoms with van der Waals surface area (Å²) >= 11 is 0. The molecule has 0 aromatic carbocycles. The fourth-order valence-electron chi connectivity index (χ4n) is 4.11. The van der Waals surface area contributed by atoms with Gasteiger partial charge in [0.1, 0.15) is 0 Å². The summed E-state index contributed by atoms with van der Waals surface area (Å²) in [7, 11) is -2.28. The summed E-state index contributed by atoms with van der Waals surface area (Å²) < 4.78 is 8.51. The number of rotatable bonds is 1. The smallest absolute Gasteiger partial charge is 0.210 e. The van der Waals surface area contributed by atoms with Crippen LogP contribution in [0.1, 0.15) is 20.8 Å². The van der Waals surface area contributed by atoms with Gasteiger partial charge in [0.15, 0.2) is 15.8 Å². The third kappa shape index (κ3) is 3.10. The third-order valence-corrected chi connectivity index (χ3v) is 35.5. The molecule has 0 aromatic heterocycles. The van der Waals surface area contributed by atoms with Gasteiger partial charge in [-0.3, -0.25) is 4.79 Å². The van der Waals surface area contributed by atoms with E-state index in [0.29, 0.717) is 0 Å². The molecule has 6 heteroatoms. The molecule has 17 heavy (non-hydrogen) atoms. The molecule has 0 saturated carbocycles. The minimum absolute atomic E-state index is 0.0204. The van der Waals surface area contributed by atoms with Gasteiger partial charge in [-0.15, -0.1) is 0 Å². The van der Waals surface area contributed by atoms with Crippen LogP contribution in [-0.2, 0) is 9.22 Å². The number of carbonyl (C=O) groups excluding carboxylic acids is 1. The highest BCUT2D eigenvalue weighted by atomic mass is 29.6. The van der Waals surface area contributed by atoms with E-state index in [0.717, 1.165) is 0 Å². The summed E-state index contributed by atoms with van der Waals surface area (Å²) in [6.07, 6.45) is 0. The highest BCUT2D eigenvalue weighted by molar-refractivity contribution is 7.59. The van der Waals surface area contributed by atoms with Crippen molar-refractivity contribution in [3.63, 3.8) is 0 Å². The van der Waals surface area contributed by atoms with Crippen LogP contribution in [-0.4, -0.2) is 46.5 Å². The van der Waals surface area contributed by atoms with Crippen LogP contribution in [0.25, 0.3) is 0 Å². The Morgan fingerprint density at radius 3 is 2.12 bits per heavy atom. The second kappa shape index (κ2) is 4.32. The molecule has 0 spiro atoms. The maximum atomic E-state index is 11.7. The first-order chi connectivity index (χ1) is 7.39. The number of nitrogens with zero attached hydrogens (tertiary/aromatic N) is 1. The molecular formula is C11H27NO2Si3. The average molecular weight is 290 g/mol. The number of amides is 1. The van der Waals surface area contributed by atoms with Crippen molar-refractivity contribution in [3.05, 3.63) is 0 Å². The first kappa shape index (κ1) is 15.1. The van der Waals surface area contributed by atoms with Gasteiger partial charge in [-0.2, -0.15) is 0 Å². The van der Waals surface area contributed by atoms with Gasteiger partial charge >= 0.3 is 0 Å². The molecule has 3 nitrogen and oxygen atoms in total. The van der Waals surface area contributed by atoms with Gasteiger partial charge in [0, 0.05) is 12.5 Å². The van der Waals surface area contributed by atoms with Gasteiger partial charge < -0.3 is 8.99 Å². The normalized spacial score (nSPS) is 29.8. The highest BCUT2D eigenvalue weighted by Crippen LogP contribution is 2.38. The van der Waals surface area contributed by atoms with Crippen LogP contribution < -0.4 is 0 Å². The van der Waals surface area contributed by atoms with E-state index >= 15 is 0 Å². The molecule has 1 aliphatic heterocycles. The Bertz CT molecular complexity index is 309. The summed E-state index contributed by atoms with van der Waals surface area (Å²) in [5, 5.41) is 0. The fourth-order valence-corrected chi connectivity index (χ4v) is 47.0. The van der Waals surface area contributed by atoms with Crippen molar-refractivity contribution in [2.45, 2.75) is 58.6 Å². The van der Waals surface area contributed by atoms with Gasteiger partial charge in [0.2, 0.25) is 5.91 Å². The van der Waals surface area contributed by atoms with E-state index in [-0.39, 0.29) is 11.5 Å². The average Bonchev–Trinajstić information content (AvgIpc) is 1.94. The van der Waals surface area contributed by atoms with Crippen molar-refractivity contribution in [2.75, 3.05) is 7.05 Å². The van der Waals surface area contributed by atoms with E-state index in [9.17, 15) is 4.79 Å². The zero-order valence-corrected chi connectivity index (χ0v) is 15.7. The SMILES string of the molecule is CC(=O)N(C)[SiH]1[Si](C)(C)CC(C)(C)O[Si]1(C)C. The maximum absolute atomic E-state index is 11.7. The minimum Gasteiger partial charge on any atom is -0.414 e. The Morgan fingerprint density at radius 1 is 1.29 bits per heavy atom. The molecule has 1 unspecified atom stereocenters. The van der Waals surface area contributed by atoms with Crippen LogP contribution in [0.2, 0.25) is 32.2 Å². The molecule has 1 aliphatic rings. The number of hydrogen-bond acceptors (Lipinski definition) is 2. The number of carbonyl (C=O) groups is 1. The van der Waals surface area contributed by atoms with Crippen molar-refractivity contribution in [1.29, 1.82) is 0 Å². The lowest BCUT2D eigenvalue weighted by molar-refractivity contribution is -0.123. The molecule has 1 saturated heterocycles. The highest BCUT2D eigenvalue weighted by Gasteiger charge is 2.57. The first-order valence-electron chi connectivity index (χ1n) is 6.33. The summed E-state index contributed by atoms with van der Waals surface area (Å²) in [5.41, 5.74) is 0.0204. The van der Waals surface area contributed by atoms with Crippen LogP contribution in [0.3, 0.4) is 0 Å². The molecule has 0 aromatic rings. The van der Waals surface area contributed by atoms with E-state index in [1.165, 1.54) is 6.04 Å². The van der Waals surface area contributed by atoms with Crippen molar-refractivity contribution in [3.8, 4) is 0 Å². The fraction of sp³-hybridized carbons (Fsp3) is 0.909. The van der Waals surface area contributed by atoms with Crippen LogP contribution in [0.4, 0.5) is 0 Å². The lowest BCUT2D eigenvalue weighted by Crippen LogP contribution is -2.77. The summed E-state index contributed by atoms with van der Waals surface area (Å²) in [6, 6.07) is 1.19. The van der Waals surface area contributed by atoms with Crippen LogP contribution in [0.5, 0.6) is 0 Å². The molecule has 100 valence electrons. The lowest BCUT2D eigenvalue weighted by atomic mass is 10.2. The zero-order valence-electron chi connectivity index (χ0n) is 12.5. The van der Waals surface area contributed by atoms with Crippen LogP contribution in [0, 0.1) is 0 Å². The Balaban J connectivity index is 3.14. The molecule has 1 fully saturated rings. The topological polar surface area (TPSA) is 29.5 Å². The molecular weight excluding hydrogens is 262 g/mol. The lowest BCUT2D eigenvalue weighted by Gasteiger charge is -2.54. The predicted octanol–water partition coefficient (Wildman–Crippen LogP) is 2.07. The Labute approximate surface area is 109 Å². The maximum Gasteiger partial charge on any atom is 0.210 e. The van der Waals surface area contributed by atoms with E-state index in [4.69, 9.17) is 4.43 Å². The Morgan fingerprint density at radius 2 is 1.76 bits per heavy atom. The molecule has 1 atom stereocenters. The summed E-state index contributed by atoms with van der Waals surface area (Å²) in [4.78, 5) is 11.7. The standard InChI is InChI=1S/C11H27NO2Si3/c1-10(13)12(4)15-16(5,6)9-11(2,3)14-17(15,7)8/h15H,9H2,1-8H3.